The first-order valence-electron chi connectivity index (χ1n) is 9.91. The second kappa shape index (κ2) is 10.4. The molecule has 0 aliphatic heterocycles. The molecule has 0 fully saturated rings. The van der Waals surface area contributed by atoms with Crippen molar-refractivity contribution in [2.24, 2.45) is 0 Å². The summed E-state index contributed by atoms with van der Waals surface area (Å²) < 4.78 is 32.0. The van der Waals surface area contributed by atoms with Crippen molar-refractivity contribution in [2.45, 2.75) is 38.6 Å². The molecule has 0 atom stereocenters. The number of nitrogens with zero attached hydrogens (tertiary/aromatic N) is 3. The lowest BCUT2D eigenvalue weighted by atomic mass is 10.2. The van der Waals surface area contributed by atoms with Crippen LogP contribution in [0.1, 0.15) is 27.7 Å². The first kappa shape index (κ1) is 24.3. The van der Waals surface area contributed by atoms with E-state index in [4.69, 9.17) is 4.74 Å². The zero-order valence-corrected chi connectivity index (χ0v) is 18.8. The van der Waals surface area contributed by atoms with Crippen LogP contribution in [0.25, 0.3) is 0 Å². The Labute approximate surface area is 182 Å². The number of carbonyl (C=O) groups is 1. The van der Waals surface area contributed by atoms with Crippen LogP contribution in [-0.4, -0.2) is 49.3 Å². The quantitative estimate of drug-likeness (QED) is 0.406. The Morgan fingerprint density at radius 3 is 2.23 bits per heavy atom. The van der Waals surface area contributed by atoms with Gasteiger partial charge in [0, 0.05) is 30.9 Å². The molecule has 10 heteroatoms. The third-order valence-corrected chi connectivity index (χ3v) is 6.69. The molecule has 168 valence electrons. The summed E-state index contributed by atoms with van der Waals surface area (Å²) in [5.41, 5.74) is 0.165. The number of hydrogen-bond acceptors (Lipinski definition) is 6. The molecule has 0 unspecified atom stereocenters. The van der Waals surface area contributed by atoms with E-state index in [2.05, 4.69) is 0 Å². The van der Waals surface area contributed by atoms with Crippen LogP contribution in [0, 0.1) is 10.1 Å². The van der Waals surface area contributed by atoms with Gasteiger partial charge in [0.2, 0.25) is 10.0 Å². The SMILES string of the molecule is CCN(CC)S(=O)(=O)c1ccc(OCC(=O)N(c2ccccc2)C(C)C)c([N+](=O)[O-])c1. The van der Waals surface area contributed by atoms with Gasteiger partial charge in [0.25, 0.3) is 5.91 Å². The molecular formula is C21H27N3O6S. The Kier molecular flexibility index (Phi) is 8.12. The van der Waals surface area contributed by atoms with Gasteiger partial charge in [0.05, 0.1) is 9.82 Å². The average molecular weight is 450 g/mol. The molecular weight excluding hydrogens is 422 g/mol. The summed E-state index contributed by atoms with van der Waals surface area (Å²) in [6, 6.07) is 12.3. The second-order valence-electron chi connectivity index (χ2n) is 6.96. The zero-order valence-electron chi connectivity index (χ0n) is 18.0. The zero-order chi connectivity index (χ0) is 23.2. The maximum Gasteiger partial charge on any atom is 0.312 e. The summed E-state index contributed by atoms with van der Waals surface area (Å²) in [6.07, 6.45) is 0. The first-order valence-corrected chi connectivity index (χ1v) is 11.4. The van der Waals surface area contributed by atoms with Gasteiger partial charge in [-0.15, -0.1) is 0 Å². The topological polar surface area (TPSA) is 110 Å². The van der Waals surface area contributed by atoms with E-state index in [1.165, 1.54) is 21.3 Å². The van der Waals surface area contributed by atoms with Gasteiger partial charge in [-0.05, 0) is 38.1 Å². The van der Waals surface area contributed by atoms with Gasteiger partial charge in [-0.25, -0.2) is 8.42 Å². The number of sulfonamides is 1. The van der Waals surface area contributed by atoms with E-state index in [0.717, 1.165) is 6.07 Å². The number of carbonyl (C=O) groups excluding carboxylic acids is 1. The van der Waals surface area contributed by atoms with Crippen LogP contribution >= 0.6 is 0 Å². The maximum absolute atomic E-state index is 12.8. The number of anilines is 1. The normalized spacial score (nSPS) is 11.5. The Morgan fingerprint density at radius 2 is 1.71 bits per heavy atom. The van der Waals surface area contributed by atoms with E-state index in [-0.39, 0.29) is 35.7 Å². The Morgan fingerprint density at radius 1 is 1.10 bits per heavy atom. The van der Waals surface area contributed by atoms with Crippen molar-refractivity contribution in [3.05, 3.63) is 58.6 Å². The molecule has 0 spiro atoms. The number of hydrogen-bond donors (Lipinski definition) is 0. The number of para-hydroxylation sites is 1. The molecule has 0 heterocycles. The van der Waals surface area contributed by atoms with Gasteiger partial charge < -0.3 is 9.64 Å². The molecule has 2 aromatic carbocycles. The third-order valence-electron chi connectivity index (χ3n) is 4.64. The Balaban J connectivity index is 2.29. The highest BCUT2D eigenvalue weighted by atomic mass is 32.2. The van der Waals surface area contributed by atoms with Crippen LogP contribution in [0.3, 0.4) is 0 Å². The van der Waals surface area contributed by atoms with E-state index >= 15 is 0 Å². The van der Waals surface area contributed by atoms with Crippen LogP contribution in [0.5, 0.6) is 5.75 Å². The predicted octanol–water partition coefficient (Wildman–Crippen LogP) is 3.45. The van der Waals surface area contributed by atoms with Gasteiger partial charge in [-0.2, -0.15) is 4.31 Å². The van der Waals surface area contributed by atoms with E-state index in [0.29, 0.717) is 5.69 Å². The fourth-order valence-corrected chi connectivity index (χ4v) is 4.64. The number of benzene rings is 2. The molecule has 0 saturated heterocycles. The molecule has 0 aliphatic rings. The molecule has 0 radical (unpaired) electrons. The van der Waals surface area contributed by atoms with Crippen LogP contribution in [0.4, 0.5) is 11.4 Å². The molecule has 31 heavy (non-hydrogen) atoms. The summed E-state index contributed by atoms with van der Waals surface area (Å²) >= 11 is 0. The molecule has 0 N–H and O–H groups in total. The number of nitro groups is 1. The largest absolute Gasteiger partial charge is 0.477 e. The molecule has 0 aromatic heterocycles. The highest BCUT2D eigenvalue weighted by Gasteiger charge is 2.27. The van der Waals surface area contributed by atoms with E-state index < -0.39 is 27.2 Å². The van der Waals surface area contributed by atoms with Crippen LogP contribution in [0.2, 0.25) is 0 Å². The number of ether oxygens (including phenoxy) is 1. The lowest BCUT2D eigenvalue weighted by Gasteiger charge is -2.26. The third kappa shape index (κ3) is 5.59. The summed E-state index contributed by atoms with van der Waals surface area (Å²) in [6.45, 7) is 7.11. The van der Waals surface area contributed by atoms with Crippen LogP contribution < -0.4 is 9.64 Å². The van der Waals surface area contributed by atoms with E-state index in [1.54, 1.807) is 38.1 Å². The van der Waals surface area contributed by atoms with Crippen molar-refractivity contribution in [1.29, 1.82) is 0 Å². The summed E-state index contributed by atoms with van der Waals surface area (Å²) in [5, 5.41) is 11.5. The average Bonchev–Trinajstić information content (AvgIpc) is 2.73. The smallest absolute Gasteiger partial charge is 0.312 e. The van der Waals surface area contributed by atoms with Crippen molar-refractivity contribution in [3.8, 4) is 5.75 Å². The fourth-order valence-electron chi connectivity index (χ4n) is 3.16. The van der Waals surface area contributed by atoms with E-state index in [1.807, 2.05) is 19.9 Å². The van der Waals surface area contributed by atoms with Gasteiger partial charge >= 0.3 is 5.69 Å². The lowest BCUT2D eigenvalue weighted by molar-refractivity contribution is -0.386. The van der Waals surface area contributed by atoms with Crippen LogP contribution in [0.15, 0.2) is 53.4 Å². The minimum absolute atomic E-state index is 0.157. The summed E-state index contributed by atoms with van der Waals surface area (Å²) in [5.74, 6) is -0.552. The summed E-state index contributed by atoms with van der Waals surface area (Å²) in [4.78, 5) is 24.9. The van der Waals surface area contributed by atoms with Crippen molar-refractivity contribution in [1.82, 2.24) is 4.31 Å². The number of amides is 1. The Bertz CT molecular complexity index is 1020. The highest BCUT2D eigenvalue weighted by molar-refractivity contribution is 7.89. The van der Waals surface area contributed by atoms with Gasteiger partial charge in [0.15, 0.2) is 12.4 Å². The predicted molar refractivity (Wildman–Crippen MR) is 118 cm³/mol. The van der Waals surface area contributed by atoms with Crippen molar-refractivity contribution in [3.63, 3.8) is 0 Å². The van der Waals surface area contributed by atoms with E-state index in [9.17, 15) is 23.3 Å². The maximum atomic E-state index is 12.8. The molecule has 0 saturated carbocycles. The van der Waals surface area contributed by atoms with Crippen molar-refractivity contribution < 1.29 is 22.9 Å². The molecule has 2 aromatic rings. The van der Waals surface area contributed by atoms with Gasteiger partial charge in [-0.3, -0.25) is 14.9 Å². The molecule has 9 nitrogen and oxygen atoms in total. The monoisotopic (exact) mass is 449 g/mol. The highest BCUT2D eigenvalue weighted by Crippen LogP contribution is 2.31. The number of nitro benzene ring substituents is 1. The van der Waals surface area contributed by atoms with Gasteiger partial charge in [0.1, 0.15) is 0 Å². The second-order valence-corrected chi connectivity index (χ2v) is 8.90. The van der Waals surface area contributed by atoms with Crippen molar-refractivity contribution in [2.75, 3.05) is 24.6 Å². The molecule has 2 rings (SSSR count). The summed E-state index contributed by atoms with van der Waals surface area (Å²) in [7, 11) is -3.87. The fraction of sp³-hybridized carbons (Fsp3) is 0.381. The number of rotatable bonds is 10. The van der Waals surface area contributed by atoms with Gasteiger partial charge in [-0.1, -0.05) is 32.0 Å². The molecule has 0 aliphatic carbocycles. The standard InChI is InChI=1S/C21H27N3O6S/c1-5-22(6-2)31(28,29)18-12-13-20(19(14-18)24(26)27)30-15-21(25)23(16(3)4)17-10-8-7-9-11-17/h7-14,16H,5-6,15H2,1-4H3. The van der Waals surface area contributed by atoms with Crippen LogP contribution in [-0.2, 0) is 14.8 Å². The minimum atomic E-state index is -3.87. The lowest BCUT2D eigenvalue weighted by Crippen LogP contribution is -2.40. The first-order chi connectivity index (χ1) is 14.6. The molecule has 1 amide bonds. The van der Waals surface area contributed by atoms with Crippen molar-refractivity contribution >= 4 is 27.3 Å². The minimum Gasteiger partial charge on any atom is -0.477 e. The molecule has 0 bridgehead atoms. The Hall–Kier alpha value is -2.98.